The molecule has 1 aliphatic carbocycles. The van der Waals surface area contributed by atoms with Crippen molar-refractivity contribution in [3.63, 3.8) is 0 Å². The average Bonchev–Trinajstić information content (AvgIpc) is 3.20. The van der Waals surface area contributed by atoms with Crippen molar-refractivity contribution in [3.8, 4) is 0 Å². The van der Waals surface area contributed by atoms with Crippen LogP contribution in [0.5, 0.6) is 0 Å². The van der Waals surface area contributed by atoms with Crippen LogP contribution in [-0.2, 0) is 14.4 Å². The summed E-state index contributed by atoms with van der Waals surface area (Å²) in [5.74, 6) is -1.80. The molecule has 6 heteroatoms. The Morgan fingerprint density at radius 2 is 1.75 bits per heavy atom. The molecule has 1 aromatic carbocycles. The molecule has 3 rings (SSSR count). The van der Waals surface area contributed by atoms with Crippen LogP contribution in [0.3, 0.4) is 0 Å². The predicted molar refractivity (Wildman–Crippen MR) is 66.6 cm³/mol. The molecule has 0 saturated heterocycles. The Bertz CT molecular complexity index is 570. The number of methoxy groups -OCH3 is 1. The van der Waals surface area contributed by atoms with Gasteiger partial charge in [0.2, 0.25) is 0 Å². The second kappa shape index (κ2) is 4.42. The first kappa shape index (κ1) is 12.8. The first-order chi connectivity index (χ1) is 9.59. The summed E-state index contributed by atoms with van der Waals surface area (Å²) in [6, 6.07) is 6.38. The third-order valence-corrected chi connectivity index (χ3v) is 3.64. The van der Waals surface area contributed by atoms with Crippen molar-refractivity contribution in [2.75, 3.05) is 13.7 Å². The Balaban J connectivity index is 1.79. The smallest absolute Gasteiger partial charge is 0.341 e. The number of nitrogens with zero attached hydrogens (tertiary/aromatic N) is 1. The molecule has 0 N–H and O–H groups in total. The molecule has 0 bridgehead atoms. The highest BCUT2D eigenvalue weighted by molar-refractivity contribution is 6.20. The van der Waals surface area contributed by atoms with Crippen LogP contribution in [0.2, 0.25) is 0 Å². The highest BCUT2D eigenvalue weighted by Crippen LogP contribution is 2.47. The summed E-state index contributed by atoms with van der Waals surface area (Å²) in [4.78, 5) is 41.2. The SMILES string of the molecule is COCC1(C(=O)ON2C(=O)c3ccccc3C2=O)CC1. The fourth-order valence-electron chi connectivity index (χ4n) is 2.26. The third-order valence-electron chi connectivity index (χ3n) is 3.64. The Kier molecular flexibility index (Phi) is 2.83. The first-order valence-electron chi connectivity index (χ1n) is 6.28. The van der Waals surface area contributed by atoms with Gasteiger partial charge >= 0.3 is 5.97 Å². The minimum absolute atomic E-state index is 0.231. The maximum Gasteiger partial charge on any atom is 0.341 e. The lowest BCUT2D eigenvalue weighted by atomic mass is 10.1. The van der Waals surface area contributed by atoms with E-state index >= 15 is 0 Å². The van der Waals surface area contributed by atoms with Crippen LogP contribution in [0.25, 0.3) is 0 Å². The third kappa shape index (κ3) is 1.80. The number of hydrogen-bond acceptors (Lipinski definition) is 5. The topological polar surface area (TPSA) is 72.9 Å². The molecule has 2 aliphatic rings. The van der Waals surface area contributed by atoms with Gasteiger partial charge in [-0.05, 0) is 25.0 Å². The maximum atomic E-state index is 12.1. The Labute approximate surface area is 115 Å². The molecule has 1 aromatic rings. The number of carbonyl (C=O) groups is 3. The van der Waals surface area contributed by atoms with Gasteiger partial charge in [-0.25, -0.2) is 4.79 Å². The lowest BCUT2D eigenvalue weighted by Gasteiger charge is -2.17. The molecule has 2 amide bonds. The molecule has 1 fully saturated rings. The number of carbonyl (C=O) groups excluding carboxylic acids is 3. The quantitative estimate of drug-likeness (QED) is 0.771. The predicted octanol–water partition coefficient (Wildman–Crippen LogP) is 1.17. The fourth-order valence-corrected chi connectivity index (χ4v) is 2.26. The number of fused-ring (bicyclic) bond motifs is 1. The summed E-state index contributed by atoms with van der Waals surface area (Å²) in [5, 5.41) is 0.544. The molecular formula is C14H13NO5. The van der Waals surface area contributed by atoms with Crippen LogP contribution >= 0.6 is 0 Å². The number of amides is 2. The molecule has 0 spiro atoms. The first-order valence-corrected chi connectivity index (χ1v) is 6.28. The molecule has 0 radical (unpaired) electrons. The summed E-state index contributed by atoms with van der Waals surface area (Å²) in [6.45, 7) is 0.231. The van der Waals surface area contributed by atoms with Crippen LogP contribution in [0.4, 0.5) is 0 Å². The van der Waals surface area contributed by atoms with E-state index in [0.29, 0.717) is 17.9 Å². The van der Waals surface area contributed by atoms with Gasteiger partial charge in [0.25, 0.3) is 11.8 Å². The van der Waals surface area contributed by atoms with Crippen LogP contribution in [0, 0.1) is 5.41 Å². The Morgan fingerprint density at radius 1 is 1.20 bits per heavy atom. The van der Waals surface area contributed by atoms with Gasteiger partial charge in [0, 0.05) is 7.11 Å². The second-order valence-electron chi connectivity index (χ2n) is 5.04. The normalized spacial score (nSPS) is 18.9. The summed E-state index contributed by atoms with van der Waals surface area (Å²) in [5.41, 5.74) is -0.201. The second-order valence-corrected chi connectivity index (χ2v) is 5.04. The number of ether oxygens (including phenoxy) is 1. The average molecular weight is 275 g/mol. The molecule has 0 unspecified atom stereocenters. The zero-order valence-corrected chi connectivity index (χ0v) is 10.9. The molecule has 0 atom stereocenters. The van der Waals surface area contributed by atoms with Crippen molar-refractivity contribution in [2.45, 2.75) is 12.8 Å². The van der Waals surface area contributed by atoms with E-state index in [1.807, 2.05) is 0 Å². The van der Waals surface area contributed by atoms with E-state index in [1.165, 1.54) is 19.2 Å². The van der Waals surface area contributed by atoms with Crippen molar-refractivity contribution in [2.24, 2.45) is 5.41 Å². The van der Waals surface area contributed by atoms with E-state index in [-0.39, 0.29) is 17.7 Å². The van der Waals surface area contributed by atoms with E-state index in [1.54, 1.807) is 12.1 Å². The Morgan fingerprint density at radius 3 is 2.20 bits per heavy atom. The van der Waals surface area contributed by atoms with Gasteiger partial charge in [-0.3, -0.25) is 9.59 Å². The van der Waals surface area contributed by atoms with Gasteiger partial charge in [0.1, 0.15) is 0 Å². The van der Waals surface area contributed by atoms with Crippen LogP contribution in [0.15, 0.2) is 24.3 Å². The summed E-state index contributed by atoms with van der Waals surface area (Å²) < 4.78 is 4.98. The van der Waals surface area contributed by atoms with Gasteiger partial charge < -0.3 is 9.57 Å². The maximum absolute atomic E-state index is 12.1. The van der Waals surface area contributed by atoms with Crippen molar-refractivity contribution in [1.82, 2.24) is 5.06 Å². The van der Waals surface area contributed by atoms with Crippen LogP contribution in [0.1, 0.15) is 33.6 Å². The highest BCUT2D eigenvalue weighted by atomic mass is 16.7. The standard InChI is InChI=1S/C14H13NO5/c1-19-8-14(6-7-14)13(18)20-15-11(16)9-4-2-3-5-10(9)12(15)17/h2-5H,6-8H2,1H3. The van der Waals surface area contributed by atoms with Crippen LogP contribution in [-0.4, -0.2) is 36.6 Å². The minimum Gasteiger partial charge on any atom is -0.384 e. The number of benzene rings is 1. The van der Waals surface area contributed by atoms with Crippen molar-refractivity contribution >= 4 is 17.8 Å². The molecule has 1 aliphatic heterocycles. The van der Waals surface area contributed by atoms with Gasteiger partial charge in [-0.2, -0.15) is 0 Å². The monoisotopic (exact) mass is 275 g/mol. The number of imide groups is 1. The molecule has 20 heavy (non-hydrogen) atoms. The number of hydrogen-bond donors (Lipinski definition) is 0. The fraction of sp³-hybridized carbons (Fsp3) is 0.357. The van der Waals surface area contributed by atoms with Gasteiger partial charge in [-0.15, -0.1) is 0 Å². The van der Waals surface area contributed by atoms with Crippen molar-refractivity contribution in [1.29, 1.82) is 0 Å². The minimum atomic E-state index is -0.704. The zero-order valence-electron chi connectivity index (χ0n) is 10.9. The van der Waals surface area contributed by atoms with E-state index in [4.69, 9.17) is 9.57 Å². The Hall–Kier alpha value is -2.21. The highest BCUT2D eigenvalue weighted by Gasteiger charge is 2.54. The number of rotatable bonds is 4. The lowest BCUT2D eigenvalue weighted by Crippen LogP contribution is -2.37. The van der Waals surface area contributed by atoms with E-state index in [0.717, 1.165) is 0 Å². The molecular weight excluding hydrogens is 262 g/mol. The van der Waals surface area contributed by atoms with E-state index < -0.39 is 23.2 Å². The van der Waals surface area contributed by atoms with Crippen molar-refractivity contribution in [3.05, 3.63) is 35.4 Å². The largest absolute Gasteiger partial charge is 0.384 e. The zero-order chi connectivity index (χ0) is 14.3. The molecule has 104 valence electrons. The van der Waals surface area contributed by atoms with Gasteiger partial charge in [0.15, 0.2) is 0 Å². The van der Waals surface area contributed by atoms with E-state index in [2.05, 4.69) is 0 Å². The molecule has 1 heterocycles. The lowest BCUT2D eigenvalue weighted by molar-refractivity contribution is -0.177. The van der Waals surface area contributed by atoms with Crippen molar-refractivity contribution < 1.29 is 24.0 Å². The van der Waals surface area contributed by atoms with Crippen LogP contribution < -0.4 is 0 Å². The van der Waals surface area contributed by atoms with E-state index in [9.17, 15) is 14.4 Å². The summed E-state index contributed by atoms with van der Waals surface area (Å²) in [7, 11) is 1.50. The van der Waals surface area contributed by atoms with Gasteiger partial charge in [0.05, 0.1) is 23.1 Å². The molecule has 0 aromatic heterocycles. The number of hydroxylamine groups is 2. The van der Waals surface area contributed by atoms with Gasteiger partial charge in [-0.1, -0.05) is 17.2 Å². The molecule has 6 nitrogen and oxygen atoms in total. The molecule has 1 saturated carbocycles. The summed E-state index contributed by atoms with van der Waals surface area (Å²) in [6.07, 6.45) is 1.28. The summed E-state index contributed by atoms with van der Waals surface area (Å²) >= 11 is 0.